The maximum Gasteiger partial charge on any atom is 0.254 e. The summed E-state index contributed by atoms with van der Waals surface area (Å²) in [7, 11) is 0. The van der Waals surface area contributed by atoms with Crippen LogP contribution in [0.1, 0.15) is 62.7 Å². The SMILES string of the molecule is CCCCCOc1ccc(C(=O)N(CCC)C2CCNCC2)cc1. The zero-order valence-electron chi connectivity index (χ0n) is 15.2. The van der Waals surface area contributed by atoms with Crippen LogP contribution in [0, 0.1) is 0 Å². The predicted octanol–water partition coefficient (Wildman–Crippen LogP) is 3.86. The van der Waals surface area contributed by atoms with Crippen LogP contribution in [0.5, 0.6) is 5.75 Å². The zero-order chi connectivity index (χ0) is 17.2. The number of nitrogens with one attached hydrogen (secondary N) is 1. The number of carbonyl (C=O) groups is 1. The Morgan fingerprint density at radius 2 is 1.83 bits per heavy atom. The van der Waals surface area contributed by atoms with E-state index < -0.39 is 0 Å². The summed E-state index contributed by atoms with van der Waals surface area (Å²) in [6.07, 6.45) is 6.56. The maximum atomic E-state index is 12.9. The number of carbonyl (C=O) groups excluding carboxylic acids is 1. The van der Waals surface area contributed by atoms with Crippen molar-refractivity contribution in [2.24, 2.45) is 0 Å². The fourth-order valence-electron chi connectivity index (χ4n) is 3.21. The van der Waals surface area contributed by atoms with E-state index in [4.69, 9.17) is 4.74 Å². The van der Waals surface area contributed by atoms with Gasteiger partial charge in [0.05, 0.1) is 6.61 Å². The predicted molar refractivity (Wildman–Crippen MR) is 98.7 cm³/mol. The number of unbranched alkanes of at least 4 members (excludes halogenated alkanes) is 2. The lowest BCUT2D eigenvalue weighted by molar-refractivity contribution is 0.0642. The first kappa shape index (κ1) is 18.8. The first-order chi connectivity index (χ1) is 11.8. The van der Waals surface area contributed by atoms with Gasteiger partial charge in [-0.15, -0.1) is 0 Å². The summed E-state index contributed by atoms with van der Waals surface area (Å²) >= 11 is 0. The topological polar surface area (TPSA) is 41.6 Å². The molecule has 1 heterocycles. The van der Waals surface area contributed by atoms with E-state index in [2.05, 4.69) is 24.1 Å². The van der Waals surface area contributed by atoms with Crippen LogP contribution in [0.25, 0.3) is 0 Å². The first-order valence-electron chi connectivity index (χ1n) is 9.50. The van der Waals surface area contributed by atoms with Crippen LogP contribution in [0.2, 0.25) is 0 Å². The highest BCUT2D eigenvalue weighted by atomic mass is 16.5. The lowest BCUT2D eigenvalue weighted by atomic mass is 10.0. The van der Waals surface area contributed by atoms with E-state index in [1.165, 1.54) is 12.8 Å². The molecule has 0 aliphatic carbocycles. The molecule has 0 atom stereocenters. The molecule has 1 aliphatic rings. The average molecular weight is 332 g/mol. The van der Waals surface area contributed by atoms with Crippen molar-refractivity contribution in [1.82, 2.24) is 10.2 Å². The highest BCUT2D eigenvalue weighted by Gasteiger charge is 2.25. The second-order valence-corrected chi connectivity index (χ2v) is 6.56. The van der Waals surface area contributed by atoms with Crippen molar-refractivity contribution in [3.8, 4) is 5.75 Å². The Bertz CT molecular complexity index is 481. The standard InChI is InChI=1S/C20H32N2O2/c1-3-5-6-16-24-19-9-7-17(8-10-19)20(23)22(15-4-2)18-11-13-21-14-12-18/h7-10,18,21H,3-6,11-16H2,1-2H3. The Kier molecular flexibility index (Phi) is 8.10. The second-order valence-electron chi connectivity index (χ2n) is 6.56. The van der Waals surface area contributed by atoms with Crippen molar-refractivity contribution in [2.75, 3.05) is 26.2 Å². The van der Waals surface area contributed by atoms with Crippen LogP contribution in [0.4, 0.5) is 0 Å². The number of nitrogens with zero attached hydrogens (tertiary/aromatic N) is 1. The smallest absolute Gasteiger partial charge is 0.254 e. The number of hydrogen-bond donors (Lipinski definition) is 1. The lowest BCUT2D eigenvalue weighted by Crippen LogP contribution is -2.46. The number of hydrogen-bond acceptors (Lipinski definition) is 3. The molecule has 1 aromatic rings. The van der Waals surface area contributed by atoms with Gasteiger partial charge in [0.25, 0.3) is 5.91 Å². The summed E-state index contributed by atoms with van der Waals surface area (Å²) in [5, 5.41) is 3.37. The van der Waals surface area contributed by atoms with Gasteiger partial charge in [0.15, 0.2) is 0 Å². The molecule has 1 aliphatic heterocycles. The molecule has 4 nitrogen and oxygen atoms in total. The molecule has 0 radical (unpaired) electrons. The molecule has 24 heavy (non-hydrogen) atoms. The molecule has 1 aromatic carbocycles. The summed E-state index contributed by atoms with van der Waals surface area (Å²) in [6.45, 7) is 7.90. The van der Waals surface area contributed by atoms with E-state index in [1.807, 2.05) is 24.3 Å². The van der Waals surface area contributed by atoms with E-state index in [0.29, 0.717) is 6.04 Å². The first-order valence-corrected chi connectivity index (χ1v) is 9.50. The minimum absolute atomic E-state index is 0.154. The molecule has 1 amide bonds. The number of amides is 1. The molecule has 0 aromatic heterocycles. The van der Waals surface area contributed by atoms with E-state index >= 15 is 0 Å². The van der Waals surface area contributed by atoms with Gasteiger partial charge < -0.3 is 15.0 Å². The Balaban J connectivity index is 1.95. The van der Waals surface area contributed by atoms with Crippen molar-refractivity contribution in [3.05, 3.63) is 29.8 Å². The van der Waals surface area contributed by atoms with Crippen molar-refractivity contribution in [3.63, 3.8) is 0 Å². The second kappa shape index (κ2) is 10.3. The largest absolute Gasteiger partial charge is 0.494 e. The maximum absolute atomic E-state index is 12.9. The molecule has 1 saturated heterocycles. The van der Waals surface area contributed by atoms with Gasteiger partial charge >= 0.3 is 0 Å². The van der Waals surface area contributed by atoms with E-state index in [9.17, 15) is 4.79 Å². The molecule has 1 fully saturated rings. The molecule has 2 rings (SSSR count). The van der Waals surface area contributed by atoms with Crippen molar-refractivity contribution < 1.29 is 9.53 Å². The van der Waals surface area contributed by atoms with Crippen LogP contribution in [-0.2, 0) is 0 Å². The van der Waals surface area contributed by atoms with E-state index in [-0.39, 0.29) is 5.91 Å². The van der Waals surface area contributed by atoms with Crippen LogP contribution in [0.3, 0.4) is 0 Å². The van der Waals surface area contributed by atoms with Gasteiger partial charge in [0.2, 0.25) is 0 Å². The third-order valence-corrected chi connectivity index (χ3v) is 4.59. The third kappa shape index (κ3) is 5.52. The third-order valence-electron chi connectivity index (χ3n) is 4.59. The Morgan fingerprint density at radius 1 is 1.12 bits per heavy atom. The molecule has 4 heteroatoms. The number of rotatable bonds is 9. The average Bonchev–Trinajstić information content (AvgIpc) is 2.64. The number of piperidine rings is 1. The minimum atomic E-state index is 0.154. The van der Waals surface area contributed by atoms with Crippen molar-refractivity contribution >= 4 is 5.91 Å². The molecule has 134 valence electrons. The normalized spacial score (nSPS) is 15.2. The Hall–Kier alpha value is -1.55. The summed E-state index contributed by atoms with van der Waals surface area (Å²) in [4.78, 5) is 15.0. The summed E-state index contributed by atoms with van der Waals surface area (Å²) in [5.41, 5.74) is 0.767. The zero-order valence-corrected chi connectivity index (χ0v) is 15.2. The molecule has 0 unspecified atom stereocenters. The van der Waals surface area contributed by atoms with Gasteiger partial charge in [-0.25, -0.2) is 0 Å². The van der Waals surface area contributed by atoms with Crippen LogP contribution in [0.15, 0.2) is 24.3 Å². The summed E-state index contributed by atoms with van der Waals surface area (Å²) < 4.78 is 5.73. The van der Waals surface area contributed by atoms with Crippen molar-refractivity contribution in [1.29, 1.82) is 0 Å². The molecule has 0 bridgehead atoms. The molecular formula is C20H32N2O2. The van der Waals surface area contributed by atoms with Gasteiger partial charge in [-0.1, -0.05) is 26.7 Å². The quantitative estimate of drug-likeness (QED) is 0.698. The highest BCUT2D eigenvalue weighted by molar-refractivity contribution is 5.94. The Labute approximate surface area is 146 Å². The van der Waals surface area contributed by atoms with Gasteiger partial charge in [-0.2, -0.15) is 0 Å². The van der Waals surface area contributed by atoms with Crippen molar-refractivity contribution in [2.45, 2.75) is 58.4 Å². The van der Waals surface area contributed by atoms with Crippen LogP contribution < -0.4 is 10.1 Å². The monoisotopic (exact) mass is 332 g/mol. The fraction of sp³-hybridized carbons (Fsp3) is 0.650. The van der Waals surface area contributed by atoms with Gasteiger partial charge in [-0.05, 0) is 63.0 Å². The summed E-state index contributed by atoms with van der Waals surface area (Å²) in [6, 6.07) is 8.02. The molecule has 0 spiro atoms. The van der Waals surface area contributed by atoms with Gasteiger partial charge in [0.1, 0.15) is 5.75 Å². The number of benzene rings is 1. The minimum Gasteiger partial charge on any atom is -0.494 e. The van der Waals surface area contributed by atoms with E-state index in [0.717, 1.165) is 63.2 Å². The van der Waals surface area contributed by atoms with Gasteiger partial charge in [0, 0.05) is 18.2 Å². The molecule has 0 saturated carbocycles. The fourth-order valence-corrected chi connectivity index (χ4v) is 3.21. The van der Waals surface area contributed by atoms with Gasteiger partial charge in [-0.3, -0.25) is 4.79 Å². The Morgan fingerprint density at radius 3 is 2.46 bits per heavy atom. The molecule has 1 N–H and O–H groups in total. The number of ether oxygens (including phenoxy) is 1. The lowest BCUT2D eigenvalue weighted by Gasteiger charge is -2.34. The molecular weight excluding hydrogens is 300 g/mol. The summed E-state index contributed by atoms with van der Waals surface area (Å²) in [5.74, 6) is 1.01. The highest BCUT2D eigenvalue weighted by Crippen LogP contribution is 2.19. The van der Waals surface area contributed by atoms with Crippen LogP contribution >= 0.6 is 0 Å². The van der Waals surface area contributed by atoms with E-state index in [1.54, 1.807) is 0 Å². The van der Waals surface area contributed by atoms with Crippen LogP contribution in [-0.4, -0.2) is 43.1 Å².